The molecule has 10 heteroatoms. The molecule has 0 N–H and O–H groups in total. The fraction of sp³-hybridized carbons (Fsp3) is 0.500. The van der Waals surface area contributed by atoms with E-state index < -0.39 is 21.9 Å². The molecule has 0 saturated carbocycles. The summed E-state index contributed by atoms with van der Waals surface area (Å²) in [5.74, 6) is -0.221. The highest BCUT2D eigenvalue weighted by atomic mass is 32.2. The molecular weight excluding hydrogens is 358 g/mol. The molecular formula is C16H19N5O4S. The van der Waals surface area contributed by atoms with E-state index in [4.69, 9.17) is 0 Å². The number of aromatic nitrogens is 3. The SMILES string of the molecule is CCC(=O)N1CCN(C(=O)c2cn3cccnc3n2)[C@@H]2CS(=O)(=O)C[C@@H]21. The molecule has 0 spiro atoms. The molecule has 138 valence electrons. The Hall–Kier alpha value is -2.49. The maximum atomic E-state index is 13.0. The van der Waals surface area contributed by atoms with E-state index in [-0.39, 0.29) is 29.0 Å². The van der Waals surface area contributed by atoms with Gasteiger partial charge in [0.1, 0.15) is 5.69 Å². The second-order valence-corrected chi connectivity index (χ2v) is 8.76. The first-order chi connectivity index (χ1) is 12.4. The number of rotatable bonds is 2. The number of hydrogen-bond donors (Lipinski definition) is 0. The van der Waals surface area contributed by atoms with Crippen molar-refractivity contribution in [3.05, 3.63) is 30.4 Å². The van der Waals surface area contributed by atoms with Gasteiger partial charge in [0.25, 0.3) is 5.91 Å². The van der Waals surface area contributed by atoms with E-state index in [2.05, 4.69) is 9.97 Å². The minimum atomic E-state index is -3.30. The van der Waals surface area contributed by atoms with Crippen molar-refractivity contribution in [2.45, 2.75) is 25.4 Å². The fourth-order valence-electron chi connectivity index (χ4n) is 3.80. The van der Waals surface area contributed by atoms with Crippen LogP contribution in [0, 0.1) is 0 Å². The molecule has 2 aromatic heterocycles. The molecule has 4 heterocycles. The lowest BCUT2D eigenvalue weighted by atomic mass is 10.0. The third kappa shape index (κ3) is 2.74. The molecule has 9 nitrogen and oxygen atoms in total. The lowest BCUT2D eigenvalue weighted by Gasteiger charge is -2.43. The van der Waals surface area contributed by atoms with Crippen LogP contribution in [0.2, 0.25) is 0 Å². The molecule has 0 radical (unpaired) electrons. The third-order valence-electron chi connectivity index (χ3n) is 5.01. The van der Waals surface area contributed by atoms with Gasteiger partial charge >= 0.3 is 0 Å². The van der Waals surface area contributed by atoms with E-state index in [1.807, 2.05) is 0 Å². The normalized spacial score (nSPS) is 24.7. The standard InChI is InChI=1S/C16H19N5O4S/c1-2-14(22)20-6-7-21(13-10-26(24,25)9-12(13)20)15(23)11-8-19-5-3-4-17-16(19)18-11/h3-5,8,12-13H,2,6-7,9-10H2,1H3/t12-,13+/m0/s1. The first kappa shape index (κ1) is 17.0. The second kappa shape index (κ2) is 6.04. The van der Waals surface area contributed by atoms with E-state index in [0.29, 0.717) is 25.3 Å². The molecule has 2 aromatic rings. The highest BCUT2D eigenvalue weighted by molar-refractivity contribution is 7.91. The van der Waals surface area contributed by atoms with Gasteiger partial charge in [-0.05, 0) is 6.07 Å². The van der Waals surface area contributed by atoms with E-state index >= 15 is 0 Å². The predicted molar refractivity (Wildman–Crippen MR) is 92.3 cm³/mol. The Morgan fingerprint density at radius 3 is 2.58 bits per heavy atom. The van der Waals surface area contributed by atoms with E-state index in [9.17, 15) is 18.0 Å². The number of carbonyl (C=O) groups excluding carboxylic acids is 2. The molecule has 2 saturated heterocycles. The number of piperazine rings is 1. The predicted octanol–water partition coefficient (Wildman–Crippen LogP) is -0.411. The summed E-state index contributed by atoms with van der Waals surface area (Å²) < 4.78 is 26.0. The summed E-state index contributed by atoms with van der Waals surface area (Å²) in [5, 5.41) is 0. The minimum absolute atomic E-state index is 0.0823. The van der Waals surface area contributed by atoms with Crippen LogP contribution < -0.4 is 0 Å². The van der Waals surface area contributed by atoms with Crippen molar-refractivity contribution in [1.29, 1.82) is 0 Å². The third-order valence-corrected chi connectivity index (χ3v) is 6.71. The quantitative estimate of drug-likeness (QED) is 0.705. The van der Waals surface area contributed by atoms with Crippen LogP contribution >= 0.6 is 0 Å². The molecule has 0 aromatic carbocycles. The number of hydrogen-bond acceptors (Lipinski definition) is 6. The minimum Gasteiger partial charge on any atom is -0.335 e. The van der Waals surface area contributed by atoms with Gasteiger partial charge in [0.15, 0.2) is 9.84 Å². The molecule has 2 aliphatic heterocycles. The van der Waals surface area contributed by atoms with Crippen molar-refractivity contribution in [2.75, 3.05) is 24.6 Å². The topological polar surface area (TPSA) is 105 Å². The highest BCUT2D eigenvalue weighted by Crippen LogP contribution is 2.28. The molecule has 2 fully saturated rings. The summed E-state index contributed by atoms with van der Waals surface area (Å²) in [6.45, 7) is 2.38. The van der Waals surface area contributed by atoms with Gasteiger partial charge < -0.3 is 9.80 Å². The summed E-state index contributed by atoms with van der Waals surface area (Å²) in [6, 6.07) is 0.715. The van der Waals surface area contributed by atoms with Gasteiger partial charge in [0, 0.05) is 38.1 Å². The highest BCUT2D eigenvalue weighted by Gasteiger charge is 2.49. The van der Waals surface area contributed by atoms with Gasteiger partial charge in [0.2, 0.25) is 11.7 Å². The van der Waals surface area contributed by atoms with Crippen LogP contribution in [0.5, 0.6) is 0 Å². The lowest BCUT2D eigenvalue weighted by molar-refractivity contribution is -0.135. The molecule has 2 aliphatic rings. The zero-order chi connectivity index (χ0) is 18.5. The number of imidazole rings is 1. The Kier molecular flexibility index (Phi) is 3.94. The summed E-state index contributed by atoms with van der Waals surface area (Å²) in [7, 11) is -3.30. The van der Waals surface area contributed by atoms with Gasteiger partial charge in [-0.3, -0.25) is 14.0 Å². The Labute approximate surface area is 150 Å². The van der Waals surface area contributed by atoms with Crippen molar-refractivity contribution in [1.82, 2.24) is 24.2 Å². The zero-order valence-electron chi connectivity index (χ0n) is 14.3. The van der Waals surface area contributed by atoms with Crippen LogP contribution in [-0.2, 0) is 14.6 Å². The molecule has 26 heavy (non-hydrogen) atoms. The van der Waals surface area contributed by atoms with Crippen molar-refractivity contribution in [3.8, 4) is 0 Å². The summed E-state index contributed by atoms with van der Waals surface area (Å²) >= 11 is 0. The van der Waals surface area contributed by atoms with Crippen molar-refractivity contribution >= 4 is 27.4 Å². The van der Waals surface area contributed by atoms with E-state index in [1.165, 1.54) is 0 Å². The second-order valence-electron chi connectivity index (χ2n) is 6.60. The summed E-state index contributed by atoms with van der Waals surface area (Å²) in [5.41, 5.74) is 0.224. The Bertz CT molecular complexity index is 952. The van der Waals surface area contributed by atoms with Crippen LogP contribution in [0.15, 0.2) is 24.7 Å². The van der Waals surface area contributed by atoms with Gasteiger partial charge in [-0.2, -0.15) is 0 Å². The van der Waals surface area contributed by atoms with Gasteiger partial charge in [0.05, 0.1) is 23.6 Å². The zero-order valence-corrected chi connectivity index (χ0v) is 15.1. The van der Waals surface area contributed by atoms with Crippen LogP contribution in [0.25, 0.3) is 5.78 Å². The molecule has 0 aliphatic carbocycles. The number of carbonyl (C=O) groups is 2. The molecule has 2 atom stereocenters. The maximum Gasteiger partial charge on any atom is 0.274 e. The first-order valence-electron chi connectivity index (χ1n) is 8.50. The lowest BCUT2D eigenvalue weighted by Crippen LogP contribution is -2.61. The summed E-state index contributed by atoms with van der Waals surface area (Å²) in [6.07, 6.45) is 5.24. The van der Waals surface area contributed by atoms with Crippen molar-refractivity contribution < 1.29 is 18.0 Å². The molecule has 4 rings (SSSR count). The van der Waals surface area contributed by atoms with Gasteiger partial charge in [-0.1, -0.05) is 6.92 Å². The van der Waals surface area contributed by atoms with Crippen molar-refractivity contribution in [3.63, 3.8) is 0 Å². The van der Waals surface area contributed by atoms with Crippen LogP contribution in [0.3, 0.4) is 0 Å². The maximum absolute atomic E-state index is 13.0. The smallest absolute Gasteiger partial charge is 0.274 e. The average molecular weight is 377 g/mol. The van der Waals surface area contributed by atoms with Crippen LogP contribution in [-0.4, -0.2) is 81.1 Å². The monoisotopic (exact) mass is 377 g/mol. The number of nitrogens with zero attached hydrogens (tertiary/aromatic N) is 5. The van der Waals surface area contributed by atoms with E-state index in [1.54, 1.807) is 45.8 Å². The van der Waals surface area contributed by atoms with Crippen LogP contribution in [0.4, 0.5) is 0 Å². The largest absolute Gasteiger partial charge is 0.335 e. The number of sulfone groups is 1. The average Bonchev–Trinajstić information content (AvgIpc) is 3.19. The Balaban J connectivity index is 1.66. The van der Waals surface area contributed by atoms with Crippen LogP contribution in [0.1, 0.15) is 23.8 Å². The van der Waals surface area contributed by atoms with Crippen molar-refractivity contribution in [2.24, 2.45) is 0 Å². The number of fused-ring (bicyclic) bond motifs is 2. The Morgan fingerprint density at radius 2 is 1.88 bits per heavy atom. The fourth-order valence-corrected chi connectivity index (χ4v) is 5.78. The van der Waals surface area contributed by atoms with E-state index in [0.717, 1.165) is 0 Å². The Morgan fingerprint density at radius 1 is 1.19 bits per heavy atom. The molecule has 0 unspecified atom stereocenters. The number of amides is 2. The first-order valence-corrected chi connectivity index (χ1v) is 10.3. The van der Waals surface area contributed by atoms with Gasteiger partial charge in [-0.15, -0.1) is 0 Å². The molecule has 2 amide bonds. The van der Waals surface area contributed by atoms with Gasteiger partial charge in [-0.25, -0.2) is 18.4 Å². The summed E-state index contributed by atoms with van der Waals surface area (Å²) in [4.78, 5) is 36.7. The molecule has 0 bridgehead atoms.